The van der Waals surface area contributed by atoms with Crippen LogP contribution >= 0.6 is 0 Å². The first kappa shape index (κ1) is 20.6. The Morgan fingerprint density at radius 3 is 2.70 bits per heavy atom. The Bertz CT molecular complexity index is 1040. The van der Waals surface area contributed by atoms with Crippen molar-refractivity contribution in [3.8, 4) is 0 Å². The number of likely N-dealkylation sites (N-methyl/N-ethyl adjacent to an activating group) is 1. The zero-order valence-electron chi connectivity index (χ0n) is 17.9. The normalized spacial score (nSPS) is 17.1. The standard InChI is InChI=1S/C25H31N3O2/c1-3-27-14-8-11-20(27)15-26-16-22-21-12-6-7-13-23(21)28(24(22)25(29)30)17-19-10-5-4-9-18(19)2/h4-7,9-10,12-13,20,26H,3,8,11,14-17H2,1-2H3,(H,29,30). The fraction of sp³-hybridized carbons (Fsp3) is 0.400. The molecule has 1 fully saturated rings. The first-order valence-electron chi connectivity index (χ1n) is 10.9. The van der Waals surface area contributed by atoms with E-state index in [9.17, 15) is 9.90 Å². The van der Waals surface area contributed by atoms with Crippen molar-refractivity contribution in [2.24, 2.45) is 0 Å². The number of aromatic carboxylic acids is 1. The van der Waals surface area contributed by atoms with E-state index in [1.165, 1.54) is 24.9 Å². The van der Waals surface area contributed by atoms with Crippen molar-refractivity contribution < 1.29 is 9.90 Å². The fourth-order valence-corrected chi connectivity index (χ4v) is 4.83. The van der Waals surface area contributed by atoms with Crippen LogP contribution in [0.3, 0.4) is 0 Å². The number of carbonyl (C=O) groups is 1. The zero-order chi connectivity index (χ0) is 21.1. The molecule has 0 aliphatic carbocycles. The average molecular weight is 406 g/mol. The maximum Gasteiger partial charge on any atom is 0.352 e. The van der Waals surface area contributed by atoms with Gasteiger partial charge in [-0.2, -0.15) is 0 Å². The summed E-state index contributed by atoms with van der Waals surface area (Å²) < 4.78 is 1.96. The second-order valence-electron chi connectivity index (χ2n) is 8.22. The molecule has 1 atom stereocenters. The predicted octanol–water partition coefficient (Wildman–Crippen LogP) is 4.27. The van der Waals surface area contributed by atoms with E-state index < -0.39 is 5.97 Å². The molecule has 2 N–H and O–H groups in total. The van der Waals surface area contributed by atoms with Gasteiger partial charge in [-0.15, -0.1) is 0 Å². The van der Waals surface area contributed by atoms with E-state index >= 15 is 0 Å². The van der Waals surface area contributed by atoms with Crippen molar-refractivity contribution in [3.05, 3.63) is 70.9 Å². The summed E-state index contributed by atoms with van der Waals surface area (Å²) in [6.07, 6.45) is 2.46. The molecule has 3 aromatic rings. The summed E-state index contributed by atoms with van der Waals surface area (Å²) in [6.45, 7) is 8.54. The van der Waals surface area contributed by atoms with Crippen LogP contribution in [-0.2, 0) is 13.1 Å². The molecule has 1 aliphatic rings. The van der Waals surface area contributed by atoms with Gasteiger partial charge in [0, 0.05) is 42.1 Å². The first-order chi connectivity index (χ1) is 14.6. The highest BCUT2D eigenvalue weighted by molar-refractivity contribution is 5.98. The minimum Gasteiger partial charge on any atom is -0.477 e. The van der Waals surface area contributed by atoms with Gasteiger partial charge in [0.25, 0.3) is 0 Å². The summed E-state index contributed by atoms with van der Waals surface area (Å²) in [5, 5.41) is 14.7. The molecule has 1 saturated heterocycles. The molecule has 30 heavy (non-hydrogen) atoms. The summed E-state index contributed by atoms with van der Waals surface area (Å²) in [5.74, 6) is -0.868. The third-order valence-corrected chi connectivity index (χ3v) is 6.46. The van der Waals surface area contributed by atoms with Gasteiger partial charge >= 0.3 is 5.97 Å². The van der Waals surface area contributed by atoms with Crippen molar-refractivity contribution in [2.75, 3.05) is 19.6 Å². The van der Waals surface area contributed by atoms with Crippen LogP contribution in [0.1, 0.15) is 46.9 Å². The molecule has 5 heteroatoms. The molecule has 158 valence electrons. The molecule has 1 unspecified atom stereocenters. The number of aryl methyl sites for hydroxylation is 1. The van der Waals surface area contributed by atoms with Gasteiger partial charge in [-0.05, 0) is 50.0 Å². The molecule has 0 saturated carbocycles. The Hall–Kier alpha value is -2.63. The highest BCUT2D eigenvalue weighted by atomic mass is 16.4. The second-order valence-corrected chi connectivity index (χ2v) is 8.22. The van der Waals surface area contributed by atoms with Gasteiger partial charge in [-0.3, -0.25) is 4.90 Å². The lowest BCUT2D eigenvalue weighted by molar-refractivity contribution is 0.0684. The number of likely N-dealkylation sites (tertiary alicyclic amines) is 1. The molecule has 2 heterocycles. The van der Waals surface area contributed by atoms with Crippen LogP contribution in [0.25, 0.3) is 10.9 Å². The van der Waals surface area contributed by atoms with Gasteiger partial charge in [0.05, 0.1) is 0 Å². The SMILES string of the molecule is CCN1CCCC1CNCc1c(C(=O)O)n(Cc2ccccc2C)c2ccccc12. The molecule has 0 radical (unpaired) electrons. The predicted molar refractivity (Wildman–Crippen MR) is 121 cm³/mol. The minimum atomic E-state index is -0.868. The van der Waals surface area contributed by atoms with Crippen molar-refractivity contribution in [1.82, 2.24) is 14.8 Å². The average Bonchev–Trinajstić information content (AvgIpc) is 3.32. The number of carboxylic acids is 1. The number of benzene rings is 2. The van der Waals surface area contributed by atoms with Gasteiger partial charge in [-0.1, -0.05) is 49.4 Å². The Balaban J connectivity index is 1.66. The summed E-state index contributed by atoms with van der Waals surface area (Å²) in [7, 11) is 0. The maximum absolute atomic E-state index is 12.3. The molecule has 2 aromatic carbocycles. The lowest BCUT2D eigenvalue weighted by atomic mass is 10.1. The van der Waals surface area contributed by atoms with Gasteiger partial charge in [0.1, 0.15) is 5.69 Å². The Morgan fingerprint density at radius 2 is 1.93 bits per heavy atom. The minimum absolute atomic E-state index is 0.394. The van der Waals surface area contributed by atoms with Crippen molar-refractivity contribution >= 4 is 16.9 Å². The lowest BCUT2D eigenvalue weighted by Gasteiger charge is -2.23. The Labute approximate surface area is 178 Å². The van der Waals surface area contributed by atoms with Crippen LogP contribution in [0.2, 0.25) is 0 Å². The quantitative estimate of drug-likeness (QED) is 0.588. The van der Waals surface area contributed by atoms with Crippen LogP contribution in [0.4, 0.5) is 0 Å². The lowest BCUT2D eigenvalue weighted by Crippen LogP contribution is -2.37. The summed E-state index contributed by atoms with van der Waals surface area (Å²) >= 11 is 0. The Morgan fingerprint density at radius 1 is 1.17 bits per heavy atom. The van der Waals surface area contributed by atoms with Crippen LogP contribution in [0.15, 0.2) is 48.5 Å². The number of fused-ring (bicyclic) bond motifs is 1. The van der Waals surface area contributed by atoms with Gasteiger partial charge in [0.2, 0.25) is 0 Å². The van der Waals surface area contributed by atoms with Crippen LogP contribution in [0, 0.1) is 6.92 Å². The largest absolute Gasteiger partial charge is 0.477 e. The van der Waals surface area contributed by atoms with Gasteiger partial charge < -0.3 is 15.0 Å². The molecule has 1 aliphatic heterocycles. The summed E-state index contributed by atoms with van der Waals surface area (Å²) in [5.41, 5.74) is 4.57. The van der Waals surface area contributed by atoms with E-state index in [1.807, 2.05) is 41.0 Å². The molecule has 5 nitrogen and oxygen atoms in total. The number of hydrogen-bond acceptors (Lipinski definition) is 3. The van der Waals surface area contributed by atoms with Crippen molar-refractivity contribution in [1.29, 1.82) is 0 Å². The van der Waals surface area contributed by atoms with Crippen LogP contribution in [-0.4, -0.2) is 46.2 Å². The number of nitrogens with one attached hydrogen (secondary N) is 1. The number of para-hydroxylation sites is 1. The van der Waals surface area contributed by atoms with Crippen LogP contribution < -0.4 is 5.32 Å². The fourth-order valence-electron chi connectivity index (χ4n) is 4.83. The van der Waals surface area contributed by atoms with E-state index in [-0.39, 0.29) is 0 Å². The van der Waals surface area contributed by atoms with E-state index in [4.69, 9.17) is 0 Å². The number of rotatable bonds is 8. The molecule has 0 bridgehead atoms. The monoisotopic (exact) mass is 405 g/mol. The van der Waals surface area contributed by atoms with E-state index in [0.717, 1.165) is 35.1 Å². The summed E-state index contributed by atoms with van der Waals surface area (Å²) in [6, 6.07) is 16.8. The molecular weight excluding hydrogens is 374 g/mol. The van der Waals surface area contributed by atoms with Crippen LogP contribution in [0.5, 0.6) is 0 Å². The number of carboxylic acid groups (broad SMARTS) is 1. The second kappa shape index (κ2) is 9.02. The topological polar surface area (TPSA) is 57.5 Å². The number of hydrogen-bond donors (Lipinski definition) is 2. The van der Waals surface area contributed by atoms with E-state index in [0.29, 0.717) is 24.8 Å². The number of aromatic nitrogens is 1. The van der Waals surface area contributed by atoms with Gasteiger partial charge in [-0.25, -0.2) is 4.79 Å². The first-order valence-corrected chi connectivity index (χ1v) is 10.9. The highest BCUT2D eigenvalue weighted by Crippen LogP contribution is 2.28. The molecule has 0 spiro atoms. The third kappa shape index (κ3) is 4.00. The van der Waals surface area contributed by atoms with Gasteiger partial charge in [0.15, 0.2) is 0 Å². The van der Waals surface area contributed by atoms with Crippen molar-refractivity contribution in [2.45, 2.75) is 45.8 Å². The molecule has 0 amide bonds. The molecule has 4 rings (SSSR count). The highest BCUT2D eigenvalue weighted by Gasteiger charge is 2.25. The van der Waals surface area contributed by atoms with Crippen molar-refractivity contribution in [3.63, 3.8) is 0 Å². The number of nitrogens with zero attached hydrogens (tertiary/aromatic N) is 2. The Kier molecular flexibility index (Phi) is 6.21. The molecular formula is C25H31N3O2. The zero-order valence-corrected chi connectivity index (χ0v) is 17.9. The van der Waals surface area contributed by atoms with E-state index in [2.05, 4.69) is 36.2 Å². The van der Waals surface area contributed by atoms with E-state index in [1.54, 1.807) is 0 Å². The molecule has 1 aromatic heterocycles. The summed E-state index contributed by atoms with van der Waals surface area (Å²) in [4.78, 5) is 14.9. The third-order valence-electron chi connectivity index (χ3n) is 6.46. The smallest absolute Gasteiger partial charge is 0.352 e. The maximum atomic E-state index is 12.3.